The van der Waals surface area contributed by atoms with Crippen molar-refractivity contribution < 1.29 is 4.79 Å². The van der Waals surface area contributed by atoms with Gasteiger partial charge in [-0.3, -0.25) is 4.79 Å². The second kappa shape index (κ2) is 5.45. The standard InChI is InChI=1S/C21H25N3O/c1-14-19(13-22-24(14)18-5-3-2-4-6-18)20(25)23-21-10-15-7-16(11-21)9-17(8-15)12-21/h2-6,13,15-17H,7-12H2,1H3,(H,23,25). The molecule has 4 fully saturated rings. The quantitative estimate of drug-likeness (QED) is 0.925. The van der Waals surface area contributed by atoms with Crippen molar-refractivity contribution in [2.75, 3.05) is 0 Å². The molecule has 25 heavy (non-hydrogen) atoms. The lowest BCUT2D eigenvalue weighted by Gasteiger charge is -2.56. The molecule has 0 aliphatic heterocycles. The molecule has 1 aromatic carbocycles. The number of carbonyl (C=O) groups is 1. The Bertz CT molecular complexity index is 773. The summed E-state index contributed by atoms with van der Waals surface area (Å²) < 4.78 is 1.86. The fourth-order valence-corrected chi connectivity index (χ4v) is 6.03. The van der Waals surface area contributed by atoms with Gasteiger partial charge in [-0.2, -0.15) is 5.10 Å². The molecule has 6 rings (SSSR count). The maximum absolute atomic E-state index is 13.0. The van der Waals surface area contributed by atoms with E-state index in [0.29, 0.717) is 5.56 Å². The Morgan fingerprint density at radius 3 is 2.28 bits per heavy atom. The van der Waals surface area contributed by atoms with Gasteiger partial charge >= 0.3 is 0 Å². The van der Waals surface area contributed by atoms with E-state index in [1.165, 1.54) is 38.5 Å². The van der Waals surface area contributed by atoms with E-state index >= 15 is 0 Å². The maximum atomic E-state index is 13.0. The van der Waals surface area contributed by atoms with Crippen molar-refractivity contribution in [1.29, 1.82) is 0 Å². The van der Waals surface area contributed by atoms with Crippen LogP contribution in [0.25, 0.3) is 5.69 Å². The van der Waals surface area contributed by atoms with Gasteiger partial charge in [-0.1, -0.05) is 18.2 Å². The van der Waals surface area contributed by atoms with Crippen molar-refractivity contribution in [2.24, 2.45) is 17.8 Å². The smallest absolute Gasteiger partial charge is 0.255 e. The highest BCUT2D eigenvalue weighted by molar-refractivity contribution is 5.95. The van der Waals surface area contributed by atoms with Gasteiger partial charge in [-0.15, -0.1) is 0 Å². The molecular weight excluding hydrogens is 310 g/mol. The van der Waals surface area contributed by atoms with Crippen molar-refractivity contribution >= 4 is 5.91 Å². The average molecular weight is 335 g/mol. The van der Waals surface area contributed by atoms with Crippen LogP contribution >= 0.6 is 0 Å². The highest BCUT2D eigenvalue weighted by atomic mass is 16.1. The van der Waals surface area contributed by atoms with Gasteiger partial charge in [0, 0.05) is 5.54 Å². The Labute approximate surface area is 148 Å². The van der Waals surface area contributed by atoms with Gasteiger partial charge in [0.2, 0.25) is 0 Å². The molecule has 4 saturated carbocycles. The Balaban J connectivity index is 1.40. The van der Waals surface area contributed by atoms with Gasteiger partial charge < -0.3 is 5.32 Å². The third kappa shape index (κ3) is 2.50. The monoisotopic (exact) mass is 335 g/mol. The summed E-state index contributed by atoms with van der Waals surface area (Å²) in [5.41, 5.74) is 2.66. The number of benzene rings is 1. The SMILES string of the molecule is Cc1c(C(=O)NC23CC4CC(CC(C4)C2)C3)cnn1-c1ccccc1. The lowest BCUT2D eigenvalue weighted by molar-refractivity contribution is -0.0167. The van der Waals surface area contributed by atoms with E-state index < -0.39 is 0 Å². The van der Waals surface area contributed by atoms with Gasteiger partial charge in [0.25, 0.3) is 5.91 Å². The average Bonchev–Trinajstić information content (AvgIpc) is 2.95. The van der Waals surface area contributed by atoms with Crippen molar-refractivity contribution in [3.63, 3.8) is 0 Å². The summed E-state index contributed by atoms with van der Waals surface area (Å²) in [6.45, 7) is 1.98. The lowest BCUT2D eigenvalue weighted by Crippen LogP contribution is -2.59. The topological polar surface area (TPSA) is 46.9 Å². The van der Waals surface area contributed by atoms with Gasteiger partial charge in [0.15, 0.2) is 0 Å². The van der Waals surface area contributed by atoms with Crippen LogP contribution in [0.5, 0.6) is 0 Å². The van der Waals surface area contributed by atoms with E-state index in [-0.39, 0.29) is 11.4 Å². The molecule has 1 aromatic heterocycles. The predicted octanol–water partition coefficient (Wildman–Crippen LogP) is 3.88. The number of hydrogen-bond acceptors (Lipinski definition) is 2. The molecule has 0 spiro atoms. The van der Waals surface area contributed by atoms with Crippen LogP contribution in [0, 0.1) is 24.7 Å². The molecule has 1 amide bonds. The molecule has 130 valence electrons. The van der Waals surface area contributed by atoms with Crippen molar-refractivity contribution in [3.8, 4) is 5.69 Å². The van der Waals surface area contributed by atoms with Gasteiger partial charge in [-0.25, -0.2) is 4.68 Å². The van der Waals surface area contributed by atoms with E-state index in [0.717, 1.165) is 29.1 Å². The molecular formula is C21H25N3O. The lowest BCUT2D eigenvalue weighted by atomic mass is 9.53. The first kappa shape index (κ1) is 15.2. The molecule has 0 radical (unpaired) electrons. The molecule has 4 bridgehead atoms. The Kier molecular flexibility index (Phi) is 3.31. The van der Waals surface area contributed by atoms with Crippen molar-refractivity contribution in [1.82, 2.24) is 15.1 Å². The molecule has 0 unspecified atom stereocenters. The minimum absolute atomic E-state index is 0.0487. The van der Waals surface area contributed by atoms with E-state index in [9.17, 15) is 4.79 Å². The zero-order valence-electron chi connectivity index (χ0n) is 14.7. The molecule has 4 aliphatic rings. The summed E-state index contributed by atoms with van der Waals surface area (Å²) in [4.78, 5) is 13.0. The van der Waals surface area contributed by atoms with Crippen LogP contribution < -0.4 is 5.32 Å². The van der Waals surface area contributed by atoms with Gasteiger partial charge in [0.1, 0.15) is 0 Å². The number of rotatable bonds is 3. The van der Waals surface area contributed by atoms with Gasteiger partial charge in [0.05, 0.1) is 23.1 Å². The summed E-state index contributed by atoms with van der Waals surface area (Å²) in [6.07, 6.45) is 9.42. The number of hydrogen-bond donors (Lipinski definition) is 1. The second-order valence-corrected chi connectivity index (χ2v) is 8.54. The number of aromatic nitrogens is 2. The molecule has 0 atom stereocenters. The molecule has 4 nitrogen and oxygen atoms in total. The largest absolute Gasteiger partial charge is 0.346 e. The summed E-state index contributed by atoms with van der Waals surface area (Å²) in [6, 6.07) is 10.0. The second-order valence-electron chi connectivity index (χ2n) is 8.54. The number of carbonyl (C=O) groups excluding carboxylic acids is 1. The first-order valence-corrected chi connectivity index (χ1v) is 9.54. The van der Waals surface area contributed by atoms with Crippen molar-refractivity contribution in [2.45, 2.75) is 51.0 Å². The van der Waals surface area contributed by atoms with E-state index in [1.54, 1.807) is 6.20 Å². The van der Waals surface area contributed by atoms with E-state index in [1.807, 2.05) is 41.9 Å². The van der Waals surface area contributed by atoms with Crippen LogP contribution in [-0.4, -0.2) is 21.2 Å². The maximum Gasteiger partial charge on any atom is 0.255 e. The summed E-state index contributed by atoms with van der Waals surface area (Å²) in [5.74, 6) is 2.56. The highest BCUT2D eigenvalue weighted by Crippen LogP contribution is 2.55. The fourth-order valence-electron chi connectivity index (χ4n) is 6.03. The molecule has 1 N–H and O–H groups in total. The van der Waals surface area contributed by atoms with Crippen LogP contribution in [0.15, 0.2) is 36.5 Å². The molecule has 4 aliphatic carbocycles. The minimum atomic E-state index is 0.0487. The Morgan fingerprint density at radius 2 is 1.68 bits per heavy atom. The number of amides is 1. The van der Waals surface area contributed by atoms with Crippen LogP contribution in [-0.2, 0) is 0 Å². The van der Waals surface area contributed by atoms with Crippen LogP contribution in [0.2, 0.25) is 0 Å². The number of nitrogens with one attached hydrogen (secondary N) is 1. The zero-order valence-corrected chi connectivity index (χ0v) is 14.7. The number of para-hydroxylation sites is 1. The first-order chi connectivity index (χ1) is 12.1. The summed E-state index contributed by atoms with van der Waals surface area (Å²) in [5, 5.41) is 7.91. The van der Waals surface area contributed by atoms with Crippen molar-refractivity contribution in [3.05, 3.63) is 47.8 Å². The third-order valence-electron chi connectivity index (χ3n) is 6.67. The summed E-state index contributed by atoms with van der Waals surface area (Å²) in [7, 11) is 0. The normalized spacial score (nSPS) is 32.8. The van der Waals surface area contributed by atoms with Crippen LogP contribution in [0.3, 0.4) is 0 Å². The van der Waals surface area contributed by atoms with E-state index in [4.69, 9.17) is 0 Å². The number of nitrogens with zero attached hydrogens (tertiary/aromatic N) is 2. The zero-order chi connectivity index (χ0) is 17.0. The van der Waals surface area contributed by atoms with Gasteiger partial charge in [-0.05, 0) is 75.3 Å². The molecule has 4 heteroatoms. The van der Waals surface area contributed by atoms with Crippen LogP contribution in [0.4, 0.5) is 0 Å². The molecule has 2 aromatic rings. The van der Waals surface area contributed by atoms with E-state index in [2.05, 4.69) is 10.4 Å². The molecule has 0 saturated heterocycles. The first-order valence-electron chi connectivity index (χ1n) is 9.54. The predicted molar refractivity (Wildman–Crippen MR) is 96.7 cm³/mol. The fraction of sp³-hybridized carbons (Fsp3) is 0.524. The summed E-state index contributed by atoms with van der Waals surface area (Å²) >= 11 is 0. The Hall–Kier alpha value is -2.10. The Morgan fingerprint density at radius 1 is 1.08 bits per heavy atom. The highest BCUT2D eigenvalue weighted by Gasteiger charge is 2.51. The minimum Gasteiger partial charge on any atom is -0.346 e. The molecule has 1 heterocycles. The van der Waals surface area contributed by atoms with Crippen LogP contribution in [0.1, 0.15) is 54.6 Å². The third-order valence-corrected chi connectivity index (χ3v) is 6.67.